The number of ether oxygens (including phenoxy) is 1. The van der Waals surface area contributed by atoms with E-state index >= 15 is 0 Å². The summed E-state index contributed by atoms with van der Waals surface area (Å²) < 4.78 is 5.54. The third-order valence-electron chi connectivity index (χ3n) is 3.06. The number of hydrogen-bond donors (Lipinski definition) is 2. The van der Waals surface area contributed by atoms with Crippen LogP contribution in [-0.2, 0) is 4.74 Å². The minimum absolute atomic E-state index is 0.310. The van der Waals surface area contributed by atoms with Crippen molar-refractivity contribution in [2.75, 3.05) is 18.5 Å². The second-order valence-electron chi connectivity index (χ2n) is 4.41. The van der Waals surface area contributed by atoms with Crippen molar-refractivity contribution in [3.8, 4) is 0 Å². The first-order valence-corrected chi connectivity index (χ1v) is 5.93. The average molecular weight is 234 g/mol. The molecule has 1 aromatic rings. The minimum atomic E-state index is -0.390. The van der Waals surface area contributed by atoms with Crippen LogP contribution in [0.4, 0.5) is 5.69 Å². The van der Waals surface area contributed by atoms with Gasteiger partial charge in [-0.2, -0.15) is 0 Å². The van der Waals surface area contributed by atoms with Crippen LogP contribution in [0.1, 0.15) is 28.8 Å². The highest BCUT2D eigenvalue weighted by Crippen LogP contribution is 2.18. The molecule has 1 aliphatic heterocycles. The summed E-state index contributed by atoms with van der Waals surface area (Å²) in [5.41, 5.74) is 7.83. The number of nitrogens with one attached hydrogen (secondary N) is 1. The van der Waals surface area contributed by atoms with Gasteiger partial charge in [-0.15, -0.1) is 0 Å². The zero-order valence-electron chi connectivity index (χ0n) is 10.0. The molecule has 1 atom stereocenters. The Morgan fingerprint density at radius 3 is 3.00 bits per heavy atom. The zero-order valence-corrected chi connectivity index (χ0v) is 10.0. The number of nitrogens with two attached hydrogens (primary N) is 1. The Bertz CT molecular complexity index is 412. The number of hydrogen-bond acceptors (Lipinski definition) is 3. The van der Waals surface area contributed by atoms with Crippen LogP contribution >= 0.6 is 0 Å². The van der Waals surface area contributed by atoms with Crippen LogP contribution in [0.3, 0.4) is 0 Å². The normalized spacial score (nSPS) is 19.2. The summed E-state index contributed by atoms with van der Waals surface area (Å²) in [5, 5.41) is 3.34. The Morgan fingerprint density at radius 1 is 1.59 bits per heavy atom. The summed E-state index contributed by atoms with van der Waals surface area (Å²) in [6, 6.07) is 5.44. The highest BCUT2D eigenvalue weighted by atomic mass is 16.5. The van der Waals surface area contributed by atoms with E-state index in [-0.39, 0.29) is 0 Å². The molecule has 1 amide bonds. The van der Waals surface area contributed by atoms with E-state index in [1.807, 2.05) is 13.0 Å². The van der Waals surface area contributed by atoms with Gasteiger partial charge in [0.15, 0.2) is 0 Å². The van der Waals surface area contributed by atoms with Gasteiger partial charge >= 0.3 is 0 Å². The predicted molar refractivity (Wildman–Crippen MR) is 67.2 cm³/mol. The van der Waals surface area contributed by atoms with Gasteiger partial charge in [0.1, 0.15) is 0 Å². The molecular weight excluding hydrogens is 216 g/mol. The van der Waals surface area contributed by atoms with E-state index in [2.05, 4.69) is 5.32 Å². The molecule has 3 N–H and O–H groups in total. The number of carbonyl (C=O) groups is 1. The fourth-order valence-corrected chi connectivity index (χ4v) is 2.04. The summed E-state index contributed by atoms with van der Waals surface area (Å²) in [5.74, 6) is -0.390. The van der Waals surface area contributed by atoms with Gasteiger partial charge in [-0.3, -0.25) is 4.79 Å². The average Bonchev–Trinajstić information content (AvgIpc) is 2.80. The summed E-state index contributed by atoms with van der Waals surface area (Å²) in [6.45, 7) is 3.65. The predicted octanol–water partition coefficient (Wildman–Crippen LogP) is 1.68. The Balaban J connectivity index is 1.98. The molecule has 0 bridgehead atoms. The summed E-state index contributed by atoms with van der Waals surface area (Å²) in [4.78, 5) is 11.0. The highest BCUT2D eigenvalue weighted by Gasteiger charge is 2.15. The molecule has 0 spiro atoms. The van der Waals surface area contributed by atoms with E-state index < -0.39 is 5.91 Å². The van der Waals surface area contributed by atoms with Crippen molar-refractivity contribution in [2.24, 2.45) is 5.73 Å². The third-order valence-corrected chi connectivity index (χ3v) is 3.06. The zero-order chi connectivity index (χ0) is 12.3. The van der Waals surface area contributed by atoms with E-state index in [9.17, 15) is 4.79 Å². The molecule has 1 fully saturated rings. The molecule has 4 nitrogen and oxygen atoms in total. The minimum Gasteiger partial charge on any atom is -0.382 e. The quantitative estimate of drug-likeness (QED) is 0.833. The van der Waals surface area contributed by atoms with Gasteiger partial charge in [-0.25, -0.2) is 0 Å². The molecule has 4 heteroatoms. The molecule has 1 heterocycles. The van der Waals surface area contributed by atoms with Crippen LogP contribution in [0, 0.1) is 6.92 Å². The van der Waals surface area contributed by atoms with Crippen LogP contribution in [-0.4, -0.2) is 25.2 Å². The number of rotatable bonds is 4. The Kier molecular flexibility index (Phi) is 3.64. The van der Waals surface area contributed by atoms with E-state index in [1.54, 1.807) is 12.1 Å². The Hall–Kier alpha value is -1.55. The van der Waals surface area contributed by atoms with Gasteiger partial charge in [-0.1, -0.05) is 0 Å². The van der Waals surface area contributed by atoms with E-state index in [1.165, 1.54) is 0 Å². The second kappa shape index (κ2) is 5.19. The maximum atomic E-state index is 11.0. The number of benzene rings is 1. The van der Waals surface area contributed by atoms with Crippen molar-refractivity contribution in [1.29, 1.82) is 0 Å². The van der Waals surface area contributed by atoms with Crippen LogP contribution in [0.2, 0.25) is 0 Å². The lowest BCUT2D eigenvalue weighted by Gasteiger charge is -2.14. The van der Waals surface area contributed by atoms with Crippen LogP contribution < -0.4 is 11.1 Å². The van der Waals surface area contributed by atoms with E-state index in [0.29, 0.717) is 11.7 Å². The summed E-state index contributed by atoms with van der Waals surface area (Å²) in [7, 11) is 0. The van der Waals surface area contributed by atoms with Crippen molar-refractivity contribution < 1.29 is 9.53 Å². The van der Waals surface area contributed by atoms with Crippen molar-refractivity contribution in [1.82, 2.24) is 0 Å². The first kappa shape index (κ1) is 11.9. The van der Waals surface area contributed by atoms with Crippen molar-refractivity contribution >= 4 is 11.6 Å². The topological polar surface area (TPSA) is 64.4 Å². The van der Waals surface area contributed by atoms with Gasteiger partial charge in [0.25, 0.3) is 0 Å². The first-order chi connectivity index (χ1) is 8.16. The fourth-order valence-electron chi connectivity index (χ4n) is 2.04. The molecule has 17 heavy (non-hydrogen) atoms. The lowest BCUT2D eigenvalue weighted by molar-refractivity contribution is 0.1000. The number of amides is 1. The lowest BCUT2D eigenvalue weighted by atomic mass is 10.1. The maximum absolute atomic E-state index is 11.0. The molecular formula is C13H18N2O2. The Labute approximate surface area is 101 Å². The molecule has 2 rings (SSSR count). The fraction of sp³-hybridized carbons (Fsp3) is 0.462. The molecule has 1 unspecified atom stereocenters. The monoisotopic (exact) mass is 234 g/mol. The number of aryl methyl sites for hydroxylation is 1. The van der Waals surface area contributed by atoms with Gasteiger partial charge in [0, 0.05) is 24.4 Å². The van der Waals surface area contributed by atoms with Gasteiger partial charge in [0.2, 0.25) is 5.91 Å². The number of anilines is 1. The van der Waals surface area contributed by atoms with Crippen LogP contribution in [0.15, 0.2) is 18.2 Å². The van der Waals surface area contributed by atoms with E-state index in [0.717, 1.165) is 37.2 Å². The smallest absolute Gasteiger partial charge is 0.248 e. The molecule has 1 aliphatic rings. The number of primary amides is 1. The highest BCUT2D eigenvalue weighted by molar-refractivity contribution is 5.93. The second-order valence-corrected chi connectivity index (χ2v) is 4.41. The maximum Gasteiger partial charge on any atom is 0.248 e. The van der Waals surface area contributed by atoms with Crippen LogP contribution in [0.25, 0.3) is 0 Å². The van der Waals surface area contributed by atoms with Crippen molar-refractivity contribution in [2.45, 2.75) is 25.9 Å². The molecule has 92 valence electrons. The van der Waals surface area contributed by atoms with E-state index in [4.69, 9.17) is 10.5 Å². The molecule has 1 saturated heterocycles. The molecule has 1 aromatic carbocycles. The molecule has 0 aromatic heterocycles. The van der Waals surface area contributed by atoms with Gasteiger partial charge in [0.05, 0.1) is 6.10 Å². The van der Waals surface area contributed by atoms with Crippen molar-refractivity contribution in [3.63, 3.8) is 0 Å². The van der Waals surface area contributed by atoms with Crippen LogP contribution in [0.5, 0.6) is 0 Å². The largest absolute Gasteiger partial charge is 0.382 e. The summed E-state index contributed by atoms with van der Waals surface area (Å²) >= 11 is 0. The molecule has 0 radical (unpaired) electrons. The van der Waals surface area contributed by atoms with Crippen molar-refractivity contribution in [3.05, 3.63) is 29.3 Å². The lowest BCUT2D eigenvalue weighted by Crippen LogP contribution is -2.19. The molecule has 0 aliphatic carbocycles. The van der Waals surface area contributed by atoms with Gasteiger partial charge in [-0.05, 0) is 43.5 Å². The third kappa shape index (κ3) is 2.97. The standard InChI is InChI=1S/C13H18N2O2/c1-9-7-10(13(14)16)4-5-12(9)15-8-11-3-2-6-17-11/h4-5,7,11,15H,2-3,6,8H2,1H3,(H2,14,16). The summed E-state index contributed by atoms with van der Waals surface area (Å²) in [6.07, 6.45) is 2.57. The Morgan fingerprint density at radius 2 is 2.41 bits per heavy atom. The number of carbonyl (C=O) groups excluding carboxylic acids is 1. The van der Waals surface area contributed by atoms with Gasteiger partial charge < -0.3 is 15.8 Å². The molecule has 0 saturated carbocycles. The SMILES string of the molecule is Cc1cc(C(N)=O)ccc1NCC1CCCO1. The first-order valence-electron chi connectivity index (χ1n) is 5.93.